The molecule has 2 aliphatic rings. The number of aromatic nitrogens is 1. The summed E-state index contributed by atoms with van der Waals surface area (Å²) in [5.74, 6) is -1.62. The number of anilines is 1. The molecular formula is C27H24F2N2. The Morgan fingerprint density at radius 2 is 1.65 bits per heavy atom. The van der Waals surface area contributed by atoms with Gasteiger partial charge in [0.1, 0.15) is 0 Å². The van der Waals surface area contributed by atoms with E-state index in [0.717, 1.165) is 41.8 Å². The number of nitrogens with one attached hydrogen (secondary N) is 1. The van der Waals surface area contributed by atoms with Crippen LogP contribution in [-0.2, 0) is 5.41 Å². The Morgan fingerprint density at radius 3 is 2.35 bits per heavy atom. The summed E-state index contributed by atoms with van der Waals surface area (Å²) in [6.07, 6.45) is 2.29. The highest BCUT2D eigenvalue weighted by molar-refractivity contribution is 5.88. The number of halogens is 2. The van der Waals surface area contributed by atoms with Crippen molar-refractivity contribution in [2.75, 3.05) is 11.4 Å². The molecule has 31 heavy (non-hydrogen) atoms. The van der Waals surface area contributed by atoms with Crippen LogP contribution in [0.4, 0.5) is 14.5 Å². The second kappa shape index (κ2) is 6.43. The molecule has 1 aliphatic carbocycles. The average Bonchev–Trinajstić information content (AvgIpc) is 3.38. The first kappa shape index (κ1) is 18.6. The number of fused-ring (bicyclic) bond motifs is 4. The fraction of sp³-hybridized carbons (Fsp3) is 0.259. The summed E-state index contributed by atoms with van der Waals surface area (Å²) in [5, 5.41) is 1.25. The zero-order valence-electron chi connectivity index (χ0n) is 17.7. The highest BCUT2D eigenvalue weighted by Gasteiger charge is 2.53. The summed E-state index contributed by atoms with van der Waals surface area (Å²) in [7, 11) is 0. The van der Waals surface area contributed by atoms with Crippen LogP contribution in [0.25, 0.3) is 10.9 Å². The van der Waals surface area contributed by atoms with Gasteiger partial charge in [-0.25, -0.2) is 8.78 Å². The van der Waals surface area contributed by atoms with Crippen molar-refractivity contribution in [2.45, 2.75) is 38.1 Å². The van der Waals surface area contributed by atoms with E-state index in [-0.39, 0.29) is 11.5 Å². The van der Waals surface area contributed by atoms with Gasteiger partial charge in [0.25, 0.3) is 0 Å². The molecule has 0 amide bonds. The third-order valence-corrected chi connectivity index (χ3v) is 6.97. The first-order valence-corrected chi connectivity index (χ1v) is 10.9. The fourth-order valence-electron chi connectivity index (χ4n) is 5.54. The number of nitrogens with zero attached hydrogens (tertiary/aromatic N) is 1. The number of hydrogen-bond donors (Lipinski definition) is 1. The minimum absolute atomic E-state index is 0.113. The van der Waals surface area contributed by atoms with Crippen molar-refractivity contribution in [1.82, 2.24) is 4.98 Å². The van der Waals surface area contributed by atoms with Crippen LogP contribution in [0.15, 0.2) is 60.7 Å². The zero-order chi connectivity index (χ0) is 21.3. The van der Waals surface area contributed by atoms with E-state index < -0.39 is 11.6 Å². The van der Waals surface area contributed by atoms with E-state index in [1.165, 1.54) is 34.2 Å². The predicted molar refractivity (Wildman–Crippen MR) is 121 cm³/mol. The molecule has 4 heteroatoms. The number of H-pyrrole nitrogens is 1. The quantitative estimate of drug-likeness (QED) is 0.386. The number of para-hydroxylation sites is 1. The lowest BCUT2D eigenvalue weighted by Crippen LogP contribution is -2.42. The standard InChI is InChI=1S/C27H24F2N2/c1-16-11-17(2)13-19(12-16)31-15-27(9-10-27)24-20-5-3-4-6-23(20)30-25(24)26(31)18-7-8-21(28)22(29)14-18/h3-8,11-14,26,30H,9-10,15H2,1-2H3. The maximum atomic E-state index is 14.3. The number of aryl methyl sites for hydroxylation is 2. The van der Waals surface area contributed by atoms with Crippen molar-refractivity contribution in [1.29, 1.82) is 0 Å². The Labute approximate surface area is 180 Å². The van der Waals surface area contributed by atoms with Crippen LogP contribution in [0.1, 0.15) is 46.8 Å². The fourth-order valence-corrected chi connectivity index (χ4v) is 5.54. The highest BCUT2D eigenvalue weighted by Crippen LogP contribution is 2.58. The number of rotatable bonds is 2. The van der Waals surface area contributed by atoms with Crippen molar-refractivity contribution in [3.05, 3.63) is 100 Å². The normalized spacial score (nSPS) is 19.1. The number of hydrogen-bond acceptors (Lipinski definition) is 1. The van der Waals surface area contributed by atoms with Gasteiger partial charge in [0.2, 0.25) is 0 Å². The van der Waals surface area contributed by atoms with Crippen molar-refractivity contribution in [3.8, 4) is 0 Å². The topological polar surface area (TPSA) is 19.0 Å². The number of aromatic amines is 1. The van der Waals surface area contributed by atoms with Gasteiger partial charge >= 0.3 is 0 Å². The van der Waals surface area contributed by atoms with Gasteiger partial charge in [-0.15, -0.1) is 0 Å². The molecule has 3 aromatic carbocycles. The SMILES string of the molecule is Cc1cc(C)cc(N2CC3(CC3)c3c([nH]c4ccccc34)C2c2ccc(F)c(F)c2)c1. The third kappa shape index (κ3) is 2.81. The molecule has 4 aromatic rings. The zero-order valence-corrected chi connectivity index (χ0v) is 17.7. The summed E-state index contributed by atoms with van der Waals surface area (Å²) in [5.41, 5.74) is 7.98. The van der Waals surface area contributed by atoms with Crippen LogP contribution in [-0.4, -0.2) is 11.5 Å². The van der Waals surface area contributed by atoms with Gasteiger partial charge in [0, 0.05) is 34.2 Å². The highest BCUT2D eigenvalue weighted by atomic mass is 19.2. The molecule has 1 saturated carbocycles. The van der Waals surface area contributed by atoms with Gasteiger partial charge in [-0.1, -0.05) is 30.3 Å². The second-order valence-corrected chi connectivity index (χ2v) is 9.29. The van der Waals surface area contributed by atoms with E-state index in [1.54, 1.807) is 6.07 Å². The van der Waals surface area contributed by atoms with Crippen LogP contribution in [0, 0.1) is 25.5 Å². The van der Waals surface area contributed by atoms with Gasteiger partial charge in [0.05, 0.1) is 6.04 Å². The van der Waals surface area contributed by atoms with E-state index >= 15 is 0 Å². The lowest BCUT2D eigenvalue weighted by atomic mass is 9.82. The molecule has 1 unspecified atom stereocenters. The largest absolute Gasteiger partial charge is 0.358 e. The van der Waals surface area contributed by atoms with Crippen molar-refractivity contribution in [2.24, 2.45) is 0 Å². The Kier molecular flexibility index (Phi) is 3.86. The molecule has 1 N–H and O–H groups in total. The second-order valence-electron chi connectivity index (χ2n) is 9.29. The predicted octanol–water partition coefficient (Wildman–Crippen LogP) is 6.70. The van der Waals surface area contributed by atoms with Gasteiger partial charge in [-0.3, -0.25) is 0 Å². The summed E-state index contributed by atoms with van der Waals surface area (Å²) in [6.45, 7) is 5.08. The van der Waals surface area contributed by atoms with Crippen molar-refractivity contribution >= 4 is 16.6 Å². The van der Waals surface area contributed by atoms with Crippen LogP contribution in [0.5, 0.6) is 0 Å². The van der Waals surface area contributed by atoms with Crippen molar-refractivity contribution < 1.29 is 8.78 Å². The maximum absolute atomic E-state index is 14.3. The van der Waals surface area contributed by atoms with E-state index in [1.807, 2.05) is 6.07 Å². The van der Waals surface area contributed by atoms with Crippen molar-refractivity contribution in [3.63, 3.8) is 0 Å². The Morgan fingerprint density at radius 1 is 0.903 bits per heavy atom. The summed E-state index contributed by atoms with van der Waals surface area (Å²) >= 11 is 0. The Balaban J connectivity index is 1.63. The third-order valence-electron chi connectivity index (χ3n) is 6.97. The van der Waals surface area contributed by atoms with Gasteiger partial charge in [-0.05, 0) is 79.3 Å². The van der Waals surface area contributed by atoms with Gasteiger partial charge in [-0.2, -0.15) is 0 Å². The molecule has 1 aliphatic heterocycles. The van der Waals surface area contributed by atoms with E-state index in [9.17, 15) is 8.78 Å². The smallest absolute Gasteiger partial charge is 0.159 e. The molecule has 0 radical (unpaired) electrons. The molecule has 1 atom stereocenters. The summed E-state index contributed by atoms with van der Waals surface area (Å²) in [4.78, 5) is 6.05. The molecule has 6 rings (SSSR count). The van der Waals surface area contributed by atoms with Crippen LogP contribution in [0.2, 0.25) is 0 Å². The average molecular weight is 414 g/mol. The lowest BCUT2D eigenvalue weighted by molar-refractivity contribution is 0.501. The molecular weight excluding hydrogens is 390 g/mol. The monoisotopic (exact) mass is 414 g/mol. The van der Waals surface area contributed by atoms with E-state index in [0.29, 0.717) is 0 Å². The minimum Gasteiger partial charge on any atom is -0.358 e. The Hall–Kier alpha value is -3.14. The Bertz CT molecular complexity index is 1310. The maximum Gasteiger partial charge on any atom is 0.159 e. The first-order valence-electron chi connectivity index (χ1n) is 10.9. The molecule has 1 fully saturated rings. The molecule has 0 saturated heterocycles. The molecule has 2 heterocycles. The molecule has 1 aromatic heterocycles. The molecule has 156 valence electrons. The van der Waals surface area contributed by atoms with Crippen LogP contribution >= 0.6 is 0 Å². The molecule has 2 nitrogen and oxygen atoms in total. The summed E-state index contributed by atoms with van der Waals surface area (Å²) in [6, 6.07) is 19.1. The first-order chi connectivity index (χ1) is 14.9. The van der Waals surface area contributed by atoms with E-state index in [2.05, 4.69) is 60.1 Å². The molecule has 0 bridgehead atoms. The van der Waals surface area contributed by atoms with Gasteiger partial charge < -0.3 is 9.88 Å². The minimum atomic E-state index is -0.812. The number of benzene rings is 3. The van der Waals surface area contributed by atoms with Crippen LogP contribution in [0.3, 0.4) is 0 Å². The summed E-state index contributed by atoms with van der Waals surface area (Å²) < 4.78 is 28.1. The molecule has 1 spiro atoms. The van der Waals surface area contributed by atoms with Gasteiger partial charge in [0.15, 0.2) is 11.6 Å². The van der Waals surface area contributed by atoms with E-state index in [4.69, 9.17) is 0 Å². The van der Waals surface area contributed by atoms with Crippen LogP contribution < -0.4 is 4.90 Å². The lowest BCUT2D eigenvalue weighted by Gasteiger charge is -2.42.